The zero-order valence-corrected chi connectivity index (χ0v) is 9.23. The highest BCUT2D eigenvalue weighted by Gasteiger charge is 2.22. The van der Waals surface area contributed by atoms with E-state index in [1.54, 1.807) is 0 Å². The van der Waals surface area contributed by atoms with Gasteiger partial charge in [-0.15, -0.1) is 0 Å². The molecule has 1 saturated heterocycles. The van der Waals surface area contributed by atoms with Gasteiger partial charge in [-0.25, -0.2) is 0 Å². The minimum Gasteiger partial charge on any atom is -0.480 e. The van der Waals surface area contributed by atoms with Gasteiger partial charge < -0.3 is 15.3 Å². The first-order chi connectivity index (χ1) is 7.50. The highest BCUT2D eigenvalue weighted by molar-refractivity contribution is 5.87. The molecule has 0 aromatic rings. The minimum absolute atomic E-state index is 0.0376. The summed E-state index contributed by atoms with van der Waals surface area (Å²) in [6.45, 7) is 1.92. The van der Waals surface area contributed by atoms with Crippen LogP contribution in [-0.2, 0) is 14.4 Å². The first-order valence-electron chi connectivity index (χ1n) is 5.30. The van der Waals surface area contributed by atoms with Crippen LogP contribution in [0.15, 0.2) is 0 Å². The third-order valence-corrected chi connectivity index (χ3v) is 2.50. The second-order valence-corrected chi connectivity index (χ2v) is 3.90. The number of carboxylic acids is 1. The summed E-state index contributed by atoms with van der Waals surface area (Å²) in [6.07, 6.45) is 2.23. The smallest absolute Gasteiger partial charge is 0.325 e. The Morgan fingerprint density at radius 2 is 2.19 bits per heavy atom. The molecule has 0 unspecified atom stereocenters. The standard InChI is InChI=1S/C10H16N2O4/c1-7(10(15)16)11-8(13)6-12-5-3-2-4-9(12)14/h7H,2-6H2,1H3,(H,11,13)(H,15,16)/t7-/m0/s1. The average Bonchev–Trinajstić information content (AvgIpc) is 2.21. The number of nitrogens with one attached hydrogen (secondary N) is 1. The second kappa shape index (κ2) is 5.48. The fourth-order valence-corrected chi connectivity index (χ4v) is 1.55. The van der Waals surface area contributed by atoms with Crippen LogP contribution in [-0.4, -0.2) is 46.9 Å². The third-order valence-electron chi connectivity index (χ3n) is 2.50. The van der Waals surface area contributed by atoms with E-state index in [-0.39, 0.29) is 12.5 Å². The molecule has 2 N–H and O–H groups in total. The van der Waals surface area contributed by atoms with Crippen LogP contribution in [0.1, 0.15) is 26.2 Å². The molecule has 0 aromatic carbocycles. The molecule has 1 heterocycles. The van der Waals surface area contributed by atoms with Gasteiger partial charge in [-0.1, -0.05) is 0 Å². The highest BCUT2D eigenvalue weighted by Crippen LogP contribution is 2.09. The molecule has 1 aliphatic heterocycles. The number of hydrogen-bond acceptors (Lipinski definition) is 3. The normalized spacial score (nSPS) is 18.1. The lowest BCUT2D eigenvalue weighted by molar-refractivity contribution is -0.142. The fraction of sp³-hybridized carbons (Fsp3) is 0.700. The Hall–Kier alpha value is -1.59. The van der Waals surface area contributed by atoms with Crippen LogP contribution in [0.3, 0.4) is 0 Å². The Kier molecular flexibility index (Phi) is 4.28. The van der Waals surface area contributed by atoms with Gasteiger partial charge in [0.05, 0.1) is 6.54 Å². The highest BCUT2D eigenvalue weighted by atomic mass is 16.4. The number of rotatable bonds is 4. The number of carbonyl (C=O) groups is 3. The van der Waals surface area contributed by atoms with Crippen LogP contribution < -0.4 is 5.32 Å². The van der Waals surface area contributed by atoms with Gasteiger partial charge in [0.15, 0.2) is 0 Å². The molecule has 16 heavy (non-hydrogen) atoms. The van der Waals surface area contributed by atoms with E-state index in [0.717, 1.165) is 12.8 Å². The first kappa shape index (κ1) is 12.5. The summed E-state index contributed by atoms with van der Waals surface area (Å²) in [5, 5.41) is 10.9. The van der Waals surface area contributed by atoms with Gasteiger partial charge in [-0.3, -0.25) is 14.4 Å². The zero-order chi connectivity index (χ0) is 12.1. The van der Waals surface area contributed by atoms with Gasteiger partial charge in [0, 0.05) is 13.0 Å². The molecule has 1 aliphatic rings. The summed E-state index contributed by atoms with van der Waals surface area (Å²) in [5.41, 5.74) is 0. The van der Waals surface area contributed by atoms with Gasteiger partial charge in [0.25, 0.3) is 0 Å². The van der Waals surface area contributed by atoms with Crippen molar-refractivity contribution < 1.29 is 19.5 Å². The van der Waals surface area contributed by atoms with Crippen molar-refractivity contribution in [1.29, 1.82) is 0 Å². The summed E-state index contributed by atoms with van der Waals surface area (Å²) in [7, 11) is 0. The summed E-state index contributed by atoms with van der Waals surface area (Å²) >= 11 is 0. The lowest BCUT2D eigenvalue weighted by atomic mass is 10.1. The van der Waals surface area contributed by atoms with Crippen molar-refractivity contribution in [2.75, 3.05) is 13.1 Å². The summed E-state index contributed by atoms with van der Waals surface area (Å²) in [6, 6.07) is -0.924. The molecular formula is C10H16N2O4. The molecular weight excluding hydrogens is 212 g/mol. The van der Waals surface area contributed by atoms with Crippen molar-refractivity contribution in [3.63, 3.8) is 0 Å². The van der Waals surface area contributed by atoms with E-state index in [1.165, 1.54) is 11.8 Å². The van der Waals surface area contributed by atoms with E-state index in [2.05, 4.69) is 5.32 Å². The van der Waals surface area contributed by atoms with Gasteiger partial charge in [-0.2, -0.15) is 0 Å². The van der Waals surface area contributed by atoms with Crippen molar-refractivity contribution in [3.05, 3.63) is 0 Å². The lowest BCUT2D eigenvalue weighted by Gasteiger charge is -2.26. The van der Waals surface area contributed by atoms with E-state index >= 15 is 0 Å². The van der Waals surface area contributed by atoms with Crippen LogP contribution >= 0.6 is 0 Å². The van der Waals surface area contributed by atoms with Crippen molar-refractivity contribution in [2.45, 2.75) is 32.2 Å². The van der Waals surface area contributed by atoms with Crippen LogP contribution in [0.4, 0.5) is 0 Å². The predicted octanol–water partition coefficient (Wildman–Crippen LogP) is -0.412. The van der Waals surface area contributed by atoms with Gasteiger partial charge in [0.1, 0.15) is 6.04 Å². The molecule has 0 radical (unpaired) electrons. The lowest BCUT2D eigenvalue weighted by Crippen LogP contribution is -2.46. The number of carboxylic acid groups (broad SMARTS) is 1. The van der Waals surface area contributed by atoms with E-state index in [0.29, 0.717) is 13.0 Å². The van der Waals surface area contributed by atoms with Crippen LogP contribution in [0.25, 0.3) is 0 Å². The maximum atomic E-state index is 11.4. The Morgan fingerprint density at radius 1 is 1.50 bits per heavy atom. The molecule has 0 aromatic heterocycles. The fourth-order valence-electron chi connectivity index (χ4n) is 1.55. The van der Waals surface area contributed by atoms with E-state index in [9.17, 15) is 14.4 Å². The number of likely N-dealkylation sites (tertiary alicyclic amines) is 1. The van der Waals surface area contributed by atoms with Crippen LogP contribution in [0.5, 0.6) is 0 Å². The van der Waals surface area contributed by atoms with E-state index in [1.807, 2.05) is 0 Å². The maximum absolute atomic E-state index is 11.4. The summed E-state index contributed by atoms with van der Waals surface area (Å²) in [5.74, 6) is -1.55. The topological polar surface area (TPSA) is 86.7 Å². The van der Waals surface area contributed by atoms with Crippen LogP contribution in [0.2, 0.25) is 0 Å². The molecule has 1 fully saturated rings. The number of hydrogen-bond donors (Lipinski definition) is 2. The minimum atomic E-state index is -1.08. The Morgan fingerprint density at radius 3 is 2.75 bits per heavy atom. The number of nitrogens with zero attached hydrogens (tertiary/aromatic N) is 1. The number of aliphatic carboxylic acids is 1. The van der Waals surface area contributed by atoms with Crippen molar-refractivity contribution in [1.82, 2.24) is 10.2 Å². The predicted molar refractivity (Wildman–Crippen MR) is 55.7 cm³/mol. The van der Waals surface area contributed by atoms with Gasteiger partial charge in [0.2, 0.25) is 11.8 Å². The molecule has 1 atom stereocenters. The van der Waals surface area contributed by atoms with E-state index in [4.69, 9.17) is 5.11 Å². The monoisotopic (exact) mass is 228 g/mol. The molecule has 6 heteroatoms. The average molecular weight is 228 g/mol. The largest absolute Gasteiger partial charge is 0.480 e. The molecule has 0 aliphatic carbocycles. The molecule has 90 valence electrons. The molecule has 2 amide bonds. The van der Waals surface area contributed by atoms with E-state index < -0.39 is 17.9 Å². The zero-order valence-electron chi connectivity index (χ0n) is 9.23. The summed E-state index contributed by atoms with van der Waals surface area (Å²) < 4.78 is 0. The Labute approximate surface area is 93.6 Å². The quantitative estimate of drug-likeness (QED) is 0.684. The Bertz CT molecular complexity index is 303. The SMILES string of the molecule is C[C@H](NC(=O)CN1CCCCC1=O)C(=O)O. The third kappa shape index (κ3) is 3.52. The second-order valence-electron chi connectivity index (χ2n) is 3.90. The van der Waals surface area contributed by atoms with Gasteiger partial charge in [-0.05, 0) is 19.8 Å². The summed E-state index contributed by atoms with van der Waals surface area (Å²) in [4.78, 5) is 34.7. The maximum Gasteiger partial charge on any atom is 0.325 e. The molecule has 0 saturated carbocycles. The number of amides is 2. The van der Waals surface area contributed by atoms with Crippen molar-refractivity contribution in [2.24, 2.45) is 0 Å². The first-order valence-corrected chi connectivity index (χ1v) is 5.30. The number of carbonyl (C=O) groups excluding carboxylic acids is 2. The van der Waals surface area contributed by atoms with Crippen molar-refractivity contribution in [3.8, 4) is 0 Å². The Balaban J connectivity index is 2.38. The van der Waals surface area contributed by atoms with Crippen molar-refractivity contribution >= 4 is 17.8 Å². The molecule has 0 spiro atoms. The van der Waals surface area contributed by atoms with Gasteiger partial charge >= 0.3 is 5.97 Å². The van der Waals surface area contributed by atoms with Crippen LogP contribution in [0, 0.1) is 0 Å². The molecule has 1 rings (SSSR count). The molecule has 6 nitrogen and oxygen atoms in total. The number of piperidine rings is 1. The molecule has 0 bridgehead atoms.